The van der Waals surface area contributed by atoms with E-state index in [-0.39, 0.29) is 34.8 Å². The zero-order valence-electron chi connectivity index (χ0n) is 18.6. The molecule has 0 aliphatic heterocycles. The fourth-order valence-electron chi connectivity index (χ4n) is 4.63. The first kappa shape index (κ1) is 24.6. The Bertz CT molecular complexity index is 1340. The largest absolute Gasteiger partial charge is 0.352 e. The van der Waals surface area contributed by atoms with E-state index >= 15 is 0 Å². The van der Waals surface area contributed by atoms with Crippen LogP contribution in [0.4, 0.5) is 0 Å². The van der Waals surface area contributed by atoms with Crippen LogP contribution < -0.4 is 5.32 Å². The average Bonchev–Trinajstić information content (AvgIpc) is 3.28. The second-order valence-electron chi connectivity index (χ2n) is 8.68. The molecule has 0 radical (unpaired) electrons. The van der Waals surface area contributed by atoms with Gasteiger partial charge in [0.2, 0.25) is 11.1 Å². The van der Waals surface area contributed by atoms with Crippen LogP contribution in [0.25, 0.3) is 6.08 Å². The summed E-state index contributed by atoms with van der Waals surface area (Å²) in [6.07, 6.45) is 2.68. The van der Waals surface area contributed by atoms with Gasteiger partial charge in [0.15, 0.2) is 5.78 Å². The van der Waals surface area contributed by atoms with E-state index in [2.05, 4.69) is 36.4 Å². The number of nitrogens with zero attached hydrogens (tertiary/aromatic N) is 2. The van der Waals surface area contributed by atoms with Gasteiger partial charge in [-0.05, 0) is 42.7 Å². The zero-order chi connectivity index (χ0) is 24.7. The average molecular weight is 592 g/mol. The summed E-state index contributed by atoms with van der Waals surface area (Å²) >= 11 is 17.4. The Morgan fingerprint density at radius 2 is 2.09 bits per heavy atom. The molecular weight excluding hydrogens is 571 g/mol. The smallest absolute Gasteiger partial charge is 0.230 e. The Morgan fingerprint density at radius 1 is 1.29 bits per heavy atom. The van der Waals surface area contributed by atoms with Crippen LogP contribution >= 0.6 is 50.9 Å². The summed E-state index contributed by atoms with van der Waals surface area (Å²) in [4.78, 5) is 30.3. The van der Waals surface area contributed by atoms with Crippen molar-refractivity contribution in [2.75, 3.05) is 5.75 Å². The highest BCUT2D eigenvalue weighted by molar-refractivity contribution is 9.10. The van der Waals surface area contributed by atoms with Gasteiger partial charge >= 0.3 is 0 Å². The van der Waals surface area contributed by atoms with Gasteiger partial charge in [0.25, 0.3) is 0 Å². The van der Waals surface area contributed by atoms with Gasteiger partial charge in [-0.15, -0.1) is 16.7 Å². The molecule has 0 saturated heterocycles. The molecule has 0 bridgehead atoms. The maximum Gasteiger partial charge on any atom is 0.230 e. The summed E-state index contributed by atoms with van der Waals surface area (Å²) in [5.74, 6) is -0.0865. The number of carbonyl (C=O) groups excluding carboxylic acids is 2. The van der Waals surface area contributed by atoms with E-state index in [1.54, 1.807) is 0 Å². The molecule has 0 spiro atoms. The summed E-state index contributed by atoms with van der Waals surface area (Å²) in [6, 6.07) is 13.2. The molecule has 180 valence electrons. The second kappa shape index (κ2) is 10.1. The Morgan fingerprint density at radius 3 is 2.86 bits per heavy atom. The third-order valence-corrected chi connectivity index (χ3v) is 8.52. The molecule has 2 aliphatic carbocycles. The van der Waals surface area contributed by atoms with Gasteiger partial charge in [-0.2, -0.15) is 0 Å². The van der Waals surface area contributed by atoms with E-state index in [1.807, 2.05) is 55.5 Å². The SMILES string of the molecule is CC1=Cc2ccc(Br)cc2C(=O)C1c1nc(SCC(=O)NC2CC(Cl)C2c2ccccc2Cl)n[nH]1. The number of hydrogen-bond donors (Lipinski definition) is 2. The zero-order valence-corrected chi connectivity index (χ0v) is 22.5. The van der Waals surface area contributed by atoms with Crippen molar-refractivity contribution in [2.24, 2.45) is 0 Å². The summed E-state index contributed by atoms with van der Waals surface area (Å²) < 4.78 is 0.847. The number of alkyl halides is 1. The molecule has 3 aromatic rings. The van der Waals surface area contributed by atoms with Crippen molar-refractivity contribution in [1.82, 2.24) is 20.5 Å². The molecule has 4 atom stereocenters. The Labute approximate surface area is 225 Å². The first-order valence-electron chi connectivity index (χ1n) is 11.1. The lowest BCUT2D eigenvalue weighted by atomic mass is 9.74. The van der Waals surface area contributed by atoms with E-state index in [0.717, 1.165) is 21.2 Å². The molecule has 1 aromatic heterocycles. The van der Waals surface area contributed by atoms with Crippen molar-refractivity contribution >= 4 is 68.7 Å². The van der Waals surface area contributed by atoms with Crippen molar-refractivity contribution in [1.29, 1.82) is 0 Å². The maximum atomic E-state index is 13.2. The van der Waals surface area contributed by atoms with Gasteiger partial charge in [0, 0.05) is 32.4 Å². The van der Waals surface area contributed by atoms with Crippen LogP contribution in [0.15, 0.2) is 57.7 Å². The molecule has 6 nitrogen and oxygen atoms in total. The standard InChI is InChI=1S/C25H21BrCl2N4O2S/c1-12-8-13-6-7-14(26)9-16(13)23(34)21(12)24-30-25(32-31-24)35-11-20(33)29-19-10-18(28)22(19)15-4-2-3-5-17(15)27/h2-9,18-19,21-22H,10-11H2,1H3,(H,29,33)(H,30,31,32). The molecule has 2 aliphatic rings. The predicted molar refractivity (Wildman–Crippen MR) is 142 cm³/mol. The summed E-state index contributed by atoms with van der Waals surface area (Å²) in [5.41, 5.74) is 3.38. The van der Waals surface area contributed by atoms with Gasteiger partial charge in [-0.25, -0.2) is 4.98 Å². The number of allylic oxidation sites excluding steroid dienone is 1. The molecular formula is C25H21BrCl2N4O2S. The summed E-state index contributed by atoms with van der Waals surface area (Å²) in [6.45, 7) is 1.91. The number of nitrogens with one attached hydrogen (secondary N) is 2. The third-order valence-electron chi connectivity index (χ3n) is 6.38. The van der Waals surface area contributed by atoms with E-state index in [1.165, 1.54) is 11.8 Å². The number of H-pyrrole nitrogens is 1. The van der Waals surface area contributed by atoms with Crippen LogP contribution in [0, 0.1) is 0 Å². The fraction of sp³-hybridized carbons (Fsp3) is 0.280. The van der Waals surface area contributed by atoms with E-state index in [4.69, 9.17) is 23.2 Å². The number of Topliss-reactive ketones (excluding diaryl/α,β-unsaturated/α-hetero) is 1. The number of carbonyl (C=O) groups is 2. The molecule has 10 heteroatoms. The highest BCUT2D eigenvalue weighted by atomic mass is 79.9. The Balaban J connectivity index is 1.21. The minimum atomic E-state index is -0.528. The van der Waals surface area contributed by atoms with Gasteiger partial charge in [0.05, 0.1) is 5.75 Å². The van der Waals surface area contributed by atoms with E-state index in [9.17, 15) is 9.59 Å². The van der Waals surface area contributed by atoms with Crippen molar-refractivity contribution in [3.63, 3.8) is 0 Å². The summed E-state index contributed by atoms with van der Waals surface area (Å²) in [5, 5.41) is 11.2. The minimum Gasteiger partial charge on any atom is -0.352 e. The summed E-state index contributed by atoms with van der Waals surface area (Å²) in [7, 11) is 0. The molecule has 4 unspecified atom stereocenters. The second-order valence-corrected chi connectivity index (χ2v) is 11.5. The molecule has 2 aromatic carbocycles. The van der Waals surface area contributed by atoms with Gasteiger partial charge in [0.1, 0.15) is 11.7 Å². The van der Waals surface area contributed by atoms with Gasteiger partial charge in [-0.1, -0.05) is 75.2 Å². The van der Waals surface area contributed by atoms with Crippen LogP contribution in [0.3, 0.4) is 0 Å². The van der Waals surface area contributed by atoms with Crippen LogP contribution in [0.5, 0.6) is 0 Å². The number of aromatic nitrogens is 3. The lowest BCUT2D eigenvalue weighted by molar-refractivity contribution is -0.119. The number of fused-ring (bicyclic) bond motifs is 1. The number of aromatic amines is 1. The van der Waals surface area contributed by atoms with Crippen molar-refractivity contribution in [2.45, 2.75) is 41.8 Å². The molecule has 5 rings (SSSR count). The third kappa shape index (κ3) is 4.94. The number of hydrogen-bond acceptors (Lipinski definition) is 5. The molecule has 1 heterocycles. The number of ketones is 1. The monoisotopic (exact) mass is 590 g/mol. The van der Waals surface area contributed by atoms with Crippen molar-refractivity contribution in [3.8, 4) is 0 Å². The van der Waals surface area contributed by atoms with Crippen LogP contribution in [0.2, 0.25) is 5.02 Å². The van der Waals surface area contributed by atoms with E-state index in [0.29, 0.717) is 28.0 Å². The maximum absolute atomic E-state index is 13.2. The number of amides is 1. The number of benzene rings is 2. The lowest BCUT2D eigenvalue weighted by Gasteiger charge is -2.42. The molecule has 1 saturated carbocycles. The highest BCUT2D eigenvalue weighted by Gasteiger charge is 2.42. The van der Waals surface area contributed by atoms with Crippen molar-refractivity contribution < 1.29 is 9.59 Å². The van der Waals surface area contributed by atoms with Crippen LogP contribution in [0.1, 0.15) is 52.5 Å². The van der Waals surface area contributed by atoms with Gasteiger partial charge < -0.3 is 5.32 Å². The van der Waals surface area contributed by atoms with Gasteiger partial charge in [-0.3, -0.25) is 14.7 Å². The number of halogens is 3. The molecule has 2 N–H and O–H groups in total. The highest BCUT2D eigenvalue weighted by Crippen LogP contribution is 2.43. The topological polar surface area (TPSA) is 87.7 Å². The lowest BCUT2D eigenvalue weighted by Crippen LogP contribution is -2.52. The van der Waals surface area contributed by atoms with E-state index < -0.39 is 5.92 Å². The molecule has 1 amide bonds. The Kier molecular flexibility index (Phi) is 7.08. The molecule has 1 fully saturated rings. The van der Waals surface area contributed by atoms with Crippen molar-refractivity contribution in [3.05, 3.63) is 80.0 Å². The first-order valence-corrected chi connectivity index (χ1v) is 13.7. The fourth-order valence-corrected chi connectivity index (χ4v) is 6.37. The van der Waals surface area contributed by atoms with Crippen LogP contribution in [-0.2, 0) is 4.79 Å². The molecule has 35 heavy (non-hydrogen) atoms. The number of rotatable bonds is 6. The van der Waals surface area contributed by atoms with Crippen LogP contribution in [-0.4, -0.2) is 44.0 Å². The number of thioether (sulfide) groups is 1. The first-order chi connectivity index (χ1) is 16.8. The Hall–Kier alpha value is -2.13. The quantitative estimate of drug-likeness (QED) is 0.272. The normalized spacial score (nSPS) is 23.3. The minimum absolute atomic E-state index is 0.0237. The predicted octanol–water partition coefficient (Wildman–Crippen LogP) is 5.98.